The number of allylic oxidation sites excluding steroid dienone is 4. The molecule has 2 unspecified atom stereocenters. The summed E-state index contributed by atoms with van der Waals surface area (Å²) in [5.41, 5.74) is 13.0. The Hall–Kier alpha value is -1.50. The highest BCUT2D eigenvalue weighted by atomic mass is 14.6. The fourth-order valence-corrected chi connectivity index (χ4v) is 5.74. The van der Waals surface area contributed by atoms with Crippen LogP contribution >= 0.6 is 0 Å². The lowest BCUT2D eigenvalue weighted by molar-refractivity contribution is 0.470. The largest absolute Gasteiger partial charge is 0.398 e. The molecule has 1 heteroatoms. The van der Waals surface area contributed by atoms with Crippen LogP contribution in [0.3, 0.4) is 0 Å². The number of benzene rings is 1. The minimum atomic E-state index is 0.556. The number of hydrogen-bond donors (Lipinski definition) is 1. The second-order valence-corrected chi connectivity index (χ2v) is 11.0. The zero-order chi connectivity index (χ0) is 23.5. The first-order valence-corrected chi connectivity index (χ1v) is 13.6. The van der Waals surface area contributed by atoms with Crippen LogP contribution in [0.15, 0.2) is 35.9 Å². The van der Waals surface area contributed by atoms with Crippen LogP contribution in [0, 0.1) is 24.7 Å². The molecule has 0 aromatic heterocycles. The third-order valence-corrected chi connectivity index (χ3v) is 7.53. The Morgan fingerprint density at radius 2 is 1.72 bits per heavy atom. The van der Waals surface area contributed by atoms with Gasteiger partial charge in [-0.3, -0.25) is 0 Å². The average Bonchev–Trinajstić information content (AvgIpc) is 3.18. The molecule has 1 nitrogen and oxygen atoms in total. The molecule has 2 atom stereocenters. The Kier molecular flexibility index (Phi) is 11.6. The van der Waals surface area contributed by atoms with E-state index in [1.165, 1.54) is 86.5 Å². The predicted octanol–water partition coefficient (Wildman–Crippen LogP) is 9.55. The quantitative estimate of drug-likeness (QED) is 0.267. The predicted molar refractivity (Wildman–Crippen MR) is 144 cm³/mol. The van der Waals surface area contributed by atoms with Gasteiger partial charge in [-0.2, -0.15) is 0 Å². The molecule has 0 aliphatic heterocycles. The molecule has 0 radical (unpaired) electrons. The number of anilines is 1. The Bertz CT molecular complexity index is 733. The van der Waals surface area contributed by atoms with E-state index < -0.39 is 0 Å². The third-order valence-electron chi connectivity index (χ3n) is 7.53. The van der Waals surface area contributed by atoms with Gasteiger partial charge in [0.2, 0.25) is 0 Å². The summed E-state index contributed by atoms with van der Waals surface area (Å²) in [6.07, 6.45) is 21.8. The lowest BCUT2D eigenvalue weighted by Gasteiger charge is -2.22. The van der Waals surface area contributed by atoms with Crippen LogP contribution in [0.1, 0.15) is 121 Å². The van der Waals surface area contributed by atoms with Crippen molar-refractivity contribution in [1.82, 2.24) is 0 Å². The number of nitrogen functional groups attached to an aromatic ring is 1. The van der Waals surface area contributed by atoms with Gasteiger partial charge in [0.25, 0.3) is 0 Å². The maximum atomic E-state index is 6.49. The maximum Gasteiger partial charge on any atom is 0.0353 e. The molecule has 180 valence electrons. The molecule has 0 bridgehead atoms. The fraction of sp³-hybridized carbons (Fsp3) is 0.677. The minimum Gasteiger partial charge on any atom is -0.398 e. The molecule has 0 heterocycles. The molecule has 32 heavy (non-hydrogen) atoms. The molecule has 2 saturated carbocycles. The van der Waals surface area contributed by atoms with Gasteiger partial charge in [0.15, 0.2) is 0 Å². The standard InChI is InChI=1S/C24H37N.C7H14/c1-6-9-20(12-17(2)3)15-22-14-19(5)23(16-24(22)25)21-11-8-7-10-18(4)13-21;1-2-7-5-3-4-6-7/h6,9,12,14,16-18,21H,7-8,10-11,13,15,25H2,1-5H3;7H,2-6H2,1H3/b9-6-,20-12+;. The highest BCUT2D eigenvalue weighted by Gasteiger charge is 2.21. The summed E-state index contributed by atoms with van der Waals surface area (Å²) in [5.74, 6) is 3.18. The number of hydrogen-bond acceptors (Lipinski definition) is 1. The summed E-state index contributed by atoms with van der Waals surface area (Å²) in [7, 11) is 0. The van der Waals surface area contributed by atoms with E-state index in [1.54, 1.807) is 0 Å². The van der Waals surface area contributed by atoms with E-state index in [9.17, 15) is 0 Å². The molecule has 0 amide bonds. The molecule has 0 saturated heterocycles. The van der Waals surface area contributed by atoms with Crippen molar-refractivity contribution < 1.29 is 0 Å². The van der Waals surface area contributed by atoms with Gasteiger partial charge in [-0.25, -0.2) is 0 Å². The van der Waals surface area contributed by atoms with Crippen molar-refractivity contribution in [3.63, 3.8) is 0 Å². The van der Waals surface area contributed by atoms with E-state index in [0.717, 1.165) is 23.9 Å². The van der Waals surface area contributed by atoms with E-state index in [0.29, 0.717) is 11.8 Å². The van der Waals surface area contributed by atoms with Crippen molar-refractivity contribution in [3.8, 4) is 0 Å². The van der Waals surface area contributed by atoms with Crippen molar-refractivity contribution in [3.05, 3.63) is 52.6 Å². The van der Waals surface area contributed by atoms with Crippen molar-refractivity contribution >= 4 is 5.69 Å². The van der Waals surface area contributed by atoms with Crippen LogP contribution in [0.25, 0.3) is 0 Å². The van der Waals surface area contributed by atoms with Gasteiger partial charge in [0.1, 0.15) is 0 Å². The van der Waals surface area contributed by atoms with Crippen LogP contribution in [0.4, 0.5) is 5.69 Å². The Labute approximate surface area is 200 Å². The Morgan fingerprint density at radius 3 is 2.31 bits per heavy atom. The van der Waals surface area contributed by atoms with Gasteiger partial charge in [-0.1, -0.05) is 103 Å². The second kappa shape index (κ2) is 13.9. The van der Waals surface area contributed by atoms with E-state index in [4.69, 9.17) is 5.73 Å². The number of aryl methyl sites for hydroxylation is 1. The van der Waals surface area contributed by atoms with E-state index in [1.807, 2.05) is 0 Å². The first-order valence-electron chi connectivity index (χ1n) is 13.6. The molecule has 2 fully saturated rings. The molecule has 2 aliphatic rings. The molecule has 1 aromatic rings. The zero-order valence-corrected chi connectivity index (χ0v) is 22.1. The smallest absolute Gasteiger partial charge is 0.0353 e. The summed E-state index contributed by atoms with van der Waals surface area (Å²) >= 11 is 0. The first kappa shape index (κ1) is 26.7. The second-order valence-electron chi connectivity index (χ2n) is 11.0. The first-order chi connectivity index (χ1) is 15.3. The van der Waals surface area contributed by atoms with Gasteiger partial charge in [-0.15, -0.1) is 0 Å². The molecule has 2 N–H and O–H groups in total. The van der Waals surface area contributed by atoms with Crippen LogP contribution in [0.5, 0.6) is 0 Å². The van der Waals surface area contributed by atoms with Crippen LogP contribution < -0.4 is 5.73 Å². The van der Waals surface area contributed by atoms with Crippen LogP contribution in [0.2, 0.25) is 0 Å². The van der Waals surface area contributed by atoms with Crippen molar-refractivity contribution in [1.29, 1.82) is 0 Å². The maximum absolute atomic E-state index is 6.49. The highest BCUT2D eigenvalue weighted by Crippen LogP contribution is 2.37. The fourth-order valence-electron chi connectivity index (χ4n) is 5.74. The van der Waals surface area contributed by atoms with Crippen molar-refractivity contribution in [2.24, 2.45) is 17.8 Å². The van der Waals surface area contributed by atoms with E-state index >= 15 is 0 Å². The molecule has 2 aliphatic carbocycles. The normalized spacial score (nSPS) is 22.8. The molecular weight excluding hydrogens is 386 g/mol. The van der Waals surface area contributed by atoms with Crippen molar-refractivity contribution in [2.75, 3.05) is 5.73 Å². The SMILES string of the molecule is C/C=C\C(=C/C(C)C)Cc1cc(C)c(C2CCCCC(C)C2)cc1N.CCC1CCCC1. The van der Waals surface area contributed by atoms with E-state index in [2.05, 4.69) is 71.9 Å². The molecule has 0 spiro atoms. The van der Waals surface area contributed by atoms with Gasteiger partial charge in [-0.05, 0) is 85.1 Å². The van der Waals surface area contributed by atoms with Gasteiger partial charge >= 0.3 is 0 Å². The summed E-state index contributed by atoms with van der Waals surface area (Å²) < 4.78 is 0. The molecule has 3 rings (SSSR count). The van der Waals surface area contributed by atoms with Crippen LogP contribution in [-0.4, -0.2) is 0 Å². The summed E-state index contributed by atoms with van der Waals surface area (Å²) in [6.45, 7) is 13.5. The van der Waals surface area contributed by atoms with Crippen molar-refractivity contribution in [2.45, 2.75) is 118 Å². The van der Waals surface area contributed by atoms with Crippen LogP contribution in [-0.2, 0) is 6.42 Å². The van der Waals surface area contributed by atoms with Gasteiger partial charge in [0, 0.05) is 5.69 Å². The topological polar surface area (TPSA) is 26.0 Å². The summed E-state index contributed by atoms with van der Waals surface area (Å²) in [4.78, 5) is 0. The van der Waals surface area contributed by atoms with E-state index in [-0.39, 0.29) is 0 Å². The molecule has 1 aromatic carbocycles. The lowest BCUT2D eigenvalue weighted by atomic mass is 9.84. The molecular formula is C31H51N. The van der Waals surface area contributed by atoms with Gasteiger partial charge < -0.3 is 5.73 Å². The summed E-state index contributed by atoms with van der Waals surface area (Å²) in [5, 5.41) is 0. The number of nitrogens with two attached hydrogens (primary N) is 1. The average molecular weight is 438 g/mol. The zero-order valence-electron chi connectivity index (χ0n) is 22.1. The monoisotopic (exact) mass is 437 g/mol. The Balaban J connectivity index is 0.000000439. The number of rotatable bonds is 6. The minimum absolute atomic E-state index is 0.556. The summed E-state index contributed by atoms with van der Waals surface area (Å²) in [6, 6.07) is 4.63. The highest BCUT2D eigenvalue weighted by molar-refractivity contribution is 5.55. The van der Waals surface area contributed by atoms with Gasteiger partial charge in [0.05, 0.1) is 0 Å². The third kappa shape index (κ3) is 8.80. The Morgan fingerprint density at radius 1 is 1.06 bits per heavy atom. The lowest BCUT2D eigenvalue weighted by Crippen LogP contribution is -2.07.